The number of rotatable bonds is 3. The summed E-state index contributed by atoms with van der Waals surface area (Å²) in [6.45, 7) is 6.91. The number of H-pyrrole nitrogens is 1. The van der Waals surface area contributed by atoms with Crippen LogP contribution in [0.3, 0.4) is 0 Å². The van der Waals surface area contributed by atoms with Crippen molar-refractivity contribution in [3.05, 3.63) is 32.6 Å². The molecule has 1 aliphatic heterocycles. The van der Waals surface area contributed by atoms with Crippen LogP contribution in [0.4, 0.5) is 0 Å². The van der Waals surface area contributed by atoms with Gasteiger partial charge in [-0.1, -0.05) is 0 Å². The van der Waals surface area contributed by atoms with Crippen molar-refractivity contribution in [2.24, 2.45) is 5.41 Å². The predicted molar refractivity (Wildman–Crippen MR) is 76.3 cm³/mol. The Kier molecular flexibility index (Phi) is 4.52. The number of nitrogens with zero attached hydrogens (tertiary/aromatic N) is 1. The van der Waals surface area contributed by atoms with Gasteiger partial charge in [0.05, 0.1) is 12.0 Å². The first-order valence-corrected chi connectivity index (χ1v) is 6.95. The molecule has 2 unspecified atom stereocenters. The van der Waals surface area contributed by atoms with Crippen LogP contribution in [0.15, 0.2) is 15.8 Å². The second kappa shape index (κ2) is 6.05. The van der Waals surface area contributed by atoms with Crippen LogP contribution in [0.25, 0.3) is 0 Å². The second-order valence-corrected chi connectivity index (χ2v) is 6.18. The van der Waals surface area contributed by atoms with Crippen LogP contribution in [-0.2, 0) is 19.0 Å². The summed E-state index contributed by atoms with van der Waals surface area (Å²) in [5, 5.41) is 0. The molecule has 1 N–H and O–H groups in total. The molecule has 1 aromatic heterocycles. The van der Waals surface area contributed by atoms with Gasteiger partial charge in [0.25, 0.3) is 5.56 Å². The Morgan fingerprint density at radius 2 is 2.14 bits per heavy atom. The first-order chi connectivity index (χ1) is 10.2. The Bertz CT molecular complexity index is 669. The molecule has 0 radical (unpaired) electrons. The summed E-state index contributed by atoms with van der Waals surface area (Å²) in [6.07, 6.45) is 0.00969. The smallest absolute Gasteiger partial charge is 0.330 e. The lowest BCUT2D eigenvalue weighted by Crippen LogP contribution is -2.34. The fourth-order valence-corrected chi connectivity index (χ4v) is 1.84. The number of carbonyl (C=O) groups is 1. The maximum Gasteiger partial charge on any atom is 0.330 e. The van der Waals surface area contributed by atoms with Crippen molar-refractivity contribution in [2.45, 2.75) is 40.2 Å². The van der Waals surface area contributed by atoms with Crippen LogP contribution in [0.2, 0.25) is 0 Å². The lowest BCUT2D eigenvalue weighted by Gasteiger charge is -2.18. The van der Waals surface area contributed by atoms with Gasteiger partial charge in [-0.05, 0) is 27.7 Å². The number of ether oxygens (including phenoxy) is 3. The van der Waals surface area contributed by atoms with E-state index in [0.29, 0.717) is 5.56 Å². The van der Waals surface area contributed by atoms with E-state index in [4.69, 9.17) is 14.2 Å². The number of nitrogens with one attached hydrogen (secondary N) is 1. The van der Waals surface area contributed by atoms with Crippen LogP contribution < -0.4 is 11.2 Å². The second-order valence-electron chi connectivity index (χ2n) is 6.18. The number of aromatic nitrogens is 2. The normalized spacial score (nSPS) is 21.8. The van der Waals surface area contributed by atoms with E-state index >= 15 is 0 Å². The molecular weight excluding hydrogens is 292 g/mol. The summed E-state index contributed by atoms with van der Waals surface area (Å²) in [5.74, 6) is -0.361. The molecule has 2 rings (SSSR count). The fourth-order valence-electron chi connectivity index (χ4n) is 1.84. The highest BCUT2D eigenvalue weighted by Crippen LogP contribution is 2.21. The van der Waals surface area contributed by atoms with Crippen molar-refractivity contribution in [1.29, 1.82) is 0 Å². The zero-order valence-electron chi connectivity index (χ0n) is 13.0. The lowest BCUT2D eigenvalue weighted by atomic mass is 9.97. The minimum absolute atomic E-state index is 0.0519. The predicted octanol–water partition coefficient (Wildman–Crippen LogP) is 0.306. The van der Waals surface area contributed by atoms with E-state index in [1.54, 1.807) is 27.7 Å². The van der Waals surface area contributed by atoms with E-state index in [2.05, 4.69) is 4.98 Å². The minimum atomic E-state index is -0.740. The summed E-state index contributed by atoms with van der Waals surface area (Å²) < 4.78 is 17.3. The van der Waals surface area contributed by atoms with Crippen molar-refractivity contribution >= 4 is 5.97 Å². The molecule has 0 spiro atoms. The van der Waals surface area contributed by atoms with E-state index in [-0.39, 0.29) is 19.2 Å². The third kappa shape index (κ3) is 3.63. The molecule has 0 bridgehead atoms. The summed E-state index contributed by atoms with van der Waals surface area (Å²) in [7, 11) is 0. The van der Waals surface area contributed by atoms with E-state index in [9.17, 15) is 14.4 Å². The molecular formula is C14H20N2O6. The number of hydrogen-bond acceptors (Lipinski definition) is 6. The average molecular weight is 312 g/mol. The highest BCUT2D eigenvalue weighted by Gasteiger charge is 2.31. The summed E-state index contributed by atoms with van der Waals surface area (Å²) in [4.78, 5) is 37.0. The van der Waals surface area contributed by atoms with Crippen LogP contribution in [0, 0.1) is 12.3 Å². The molecule has 0 aromatic carbocycles. The number of aryl methyl sites for hydroxylation is 1. The third-order valence-electron chi connectivity index (χ3n) is 3.15. The Balaban J connectivity index is 1.99. The van der Waals surface area contributed by atoms with Crippen LogP contribution in [0.1, 0.15) is 32.6 Å². The minimum Gasteiger partial charge on any atom is -0.460 e. The zero-order valence-corrected chi connectivity index (χ0v) is 13.0. The van der Waals surface area contributed by atoms with Gasteiger partial charge in [0, 0.05) is 11.8 Å². The summed E-state index contributed by atoms with van der Waals surface area (Å²) in [5.41, 5.74) is -1.22. The van der Waals surface area contributed by atoms with Gasteiger partial charge in [-0.2, -0.15) is 0 Å². The van der Waals surface area contributed by atoms with Crippen molar-refractivity contribution in [3.63, 3.8) is 0 Å². The third-order valence-corrected chi connectivity index (χ3v) is 3.15. The highest BCUT2D eigenvalue weighted by atomic mass is 16.7. The molecule has 1 fully saturated rings. The molecule has 1 saturated heterocycles. The van der Waals surface area contributed by atoms with Gasteiger partial charge < -0.3 is 14.2 Å². The van der Waals surface area contributed by atoms with Crippen molar-refractivity contribution < 1.29 is 19.0 Å². The Hall–Kier alpha value is -1.93. The van der Waals surface area contributed by atoms with Gasteiger partial charge in [-0.15, -0.1) is 0 Å². The Morgan fingerprint density at radius 3 is 2.77 bits per heavy atom. The highest BCUT2D eigenvalue weighted by molar-refractivity contribution is 5.75. The van der Waals surface area contributed by atoms with Crippen LogP contribution >= 0.6 is 0 Å². The molecule has 22 heavy (non-hydrogen) atoms. The number of aromatic amines is 1. The topological polar surface area (TPSA) is 99.6 Å². The largest absolute Gasteiger partial charge is 0.460 e. The molecule has 122 valence electrons. The Morgan fingerprint density at radius 1 is 1.45 bits per heavy atom. The van der Waals surface area contributed by atoms with Gasteiger partial charge >= 0.3 is 11.7 Å². The molecule has 1 aromatic rings. The van der Waals surface area contributed by atoms with Gasteiger partial charge in [0.1, 0.15) is 6.61 Å². The summed E-state index contributed by atoms with van der Waals surface area (Å²) in [6, 6.07) is 0. The number of hydrogen-bond donors (Lipinski definition) is 1. The van der Waals surface area contributed by atoms with Crippen LogP contribution in [-0.4, -0.2) is 35.0 Å². The van der Waals surface area contributed by atoms with Gasteiger partial charge in [-0.25, -0.2) is 4.79 Å². The number of esters is 1. The zero-order chi connectivity index (χ0) is 16.5. The fraction of sp³-hybridized carbons (Fsp3) is 0.643. The van der Waals surface area contributed by atoms with Crippen molar-refractivity contribution in [2.75, 3.05) is 13.2 Å². The van der Waals surface area contributed by atoms with Crippen molar-refractivity contribution in [1.82, 2.24) is 9.55 Å². The van der Waals surface area contributed by atoms with E-state index in [0.717, 1.165) is 0 Å². The quantitative estimate of drug-likeness (QED) is 0.806. The molecule has 8 heteroatoms. The molecule has 8 nitrogen and oxygen atoms in total. The van der Waals surface area contributed by atoms with Gasteiger partial charge in [0.15, 0.2) is 12.5 Å². The molecule has 0 aliphatic carbocycles. The molecule has 0 saturated carbocycles. The molecule has 2 heterocycles. The first kappa shape index (κ1) is 16.4. The summed E-state index contributed by atoms with van der Waals surface area (Å²) >= 11 is 0. The van der Waals surface area contributed by atoms with E-state index in [1.165, 1.54) is 10.8 Å². The van der Waals surface area contributed by atoms with Gasteiger partial charge in [-0.3, -0.25) is 19.1 Å². The molecule has 2 atom stereocenters. The standard InChI is InChI=1S/C14H20N2O6/c1-8-5-16(13(19)15-11(8)17)9-6-20-10(22-9)7-21-12(18)14(2,3)4/h5,9-10H,6-7H2,1-4H3,(H,15,17,19). The maximum absolute atomic E-state index is 11.8. The monoisotopic (exact) mass is 312 g/mol. The lowest BCUT2D eigenvalue weighted by molar-refractivity contribution is -0.167. The van der Waals surface area contributed by atoms with Crippen molar-refractivity contribution in [3.8, 4) is 0 Å². The maximum atomic E-state index is 11.8. The molecule has 0 amide bonds. The Labute approximate surface area is 127 Å². The van der Waals surface area contributed by atoms with Gasteiger partial charge in [0.2, 0.25) is 0 Å². The van der Waals surface area contributed by atoms with Crippen LogP contribution in [0.5, 0.6) is 0 Å². The van der Waals surface area contributed by atoms with E-state index in [1.807, 2.05) is 0 Å². The molecule has 1 aliphatic rings. The number of carbonyl (C=O) groups excluding carboxylic acids is 1. The van der Waals surface area contributed by atoms with E-state index < -0.39 is 29.2 Å². The average Bonchev–Trinajstić information content (AvgIpc) is 2.87. The first-order valence-electron chi connectivity index (χ1n) is 6.95. The SMILES string of the molecule is Cc1cn(C2COC(COC(=O)C(C)(C)C)O2)c(=O)[nH]c1=O.